The van der Waals surface area contributed by atoms with Gasteiger partial charge in [-0.25, -0.2) is 4.79 Å². The Morgan fingerprint density at radius 2 is 2.13 bits per heavy atom. The van der Waals surface area contributed by atoms with Gasteiger partial charge in [-0.15, -0.1) is 0 Å². The number of aliphatic hydroxyl groups excluding tert-OH is 2. The summed E-state index contributed by atoms with van der Waals surface area (Å²) in [5.41, 5.74) is -1.91. The molecular weight excluding hydrogens is 308 g/mol. The summed E-state index contributed by atoms with van der Waals surface area (Å²) in [6.45, 7) is 1.82. The number of methoxy groups -OCH3 is 1. The number of aliphatic carboxylic acids is 1. The number of rotatable bonds is 7. The highest BCUT2D eigenvalue weighted by molar-refractivity contribution is 6.05. The minimum Gasteiger partial charge on any atom is -0.493 e. The second-order valence-corrected chi connectivity index (χ2v) is 5.44. The van der Waals surface area contributed by atoms with Gasteiger partial charge >= 0.3 is 5.97 Å². The molecule has 0 aromatic carbocycles. The molecule has 5 N–H and O–H groups in total. The predicted molar refractivity (Wildman–Crippen MR) is 79.9 cm³/mol. The Labute approximate surface area is 133 Å². The van der Waals surface area contributed by atoms with E-state index in [2.05, 4.69) is 10.3 Å². The van der Waals surface area contributed by atoms with Crippen molar-refractivity contribution in [3.8, 4) is 0 Å². The molecule has 1 aliphatic carbocycles. The lowest BCUT2D eigenvalue weighted by Gasteiger charge is -2.38. The van der Waals surface area contributed by atoms with Crippen molar-refractivity contribution in [2.24, 2.45) is 4.99 Å². The van der Waals surface area contributed by atoms with Gasteiger partial charge in [0.25, 0.3) is 0 Å². The third kappa shape index (κ3) is 4.27. The summed E-state index contributed by atoms with van der Waals surface area (Å²) >= 11 is 0. The van der Waals surface area contributed by atoms with Gasteiger partial charge in [0, 0.05) is 6.42 Å². The lowest BCUT2D eigenvalue weighted by molar-refractivity contribution is -0.138. The summed E-state index contributed by atoms with van der Waals surface area (Å²) in [4.78, 5) is 26.0. The second kappa shape index (κ2) is 7.53. The summed E-state index contributed by atoms with van der Waals surface area (Å²) in [6.07, 6.45) is -1.84. The molecule has 0 bridgehead atoms. The third-order valence-electron chi connectivity index (χ3n) is 3.48. The molecule has 9 heteroatoms. The molecule has 0 unspecified atom stereocenters. The molecule has 130 valence electrons. The van der Waals surface area contributed by atoms with Crippen molar-refractivity contribution in [2.45, 2.75) is 38.0 Å². The van der Waals surface area contributed by atoms with Crippen LogP contribution in [0, 0.1) is 0 Å². The van der Waals surface area contributed by atoms with E-state index in [0.717, 1.165) is 0 Å². The van der Waals surface area contributed by atoms with Gasteiger partial charge in [-0.1, -0.05) is 0 Å². The quantitative estimate of drug-likeness (QED) is 0.376. The van der Waals surface area contributed by atoms with Gasteiger partial charge in [-0.2, -0.15) is 0 Å². The molecule has 23 heavy (non-hydrogen) atoms. The van der Waals surface area contributed by atoms with Gasteiger partial charge in [0.2, 0.25) is 0 Å². The number of aliphatic imine (C=N–C) groups is 1. The molecule has 0 saturated carbocycles. The number of Topliss-reactive ketones (excluding diaryl/α,β-unsaturated/α-hetero) is 1. The Morgan fingerprint density at radius 3 is 2.57 bits per heavy atom. The first kappa shape index (κ1) is 19.1. The molecule has 0 fully saturated rings. The maximum Gasteiger partial charge on any atom is 0.328 e. The second-order valence-electron chi connectivity index (χ2n) is 5.44. The van der Waals surface area contributed by atoms with Crippen LogP contribution in [-0.2, 0) is 14.3 Å². The van der Waals surface area contributed by atoms with E-state index in [0.29, 0.717) is 0 Å². The maximum atomic E-state index is 11.1. The lowest BCUT2D eigenvalue weighted by Crippen LogP contribution is -2.55. The van der Waals surface area contributed by atoms with Gasteiger partial charge in [0.05, 0.1) is 26.0 Å². The number of aliphatic hydroxyl groups is 3. The molecule has 1 rings (SSSR count). The summed E-state index contributed by atoms with van der Waals surface area (Å²) < 4.78 is 5.17. The zero-order valence-corrected chi connectivity index (χ0v) is 13.2. The number of ketones is 1. The minimum absolute atomic E-state index is 0.0463. The van der Waals surface area contributed by atoms with Crippen molar-refractivity contribution in [2.75, 3.05) is 20.3 Å². The molecule has 0 heterocycles. The Bertz CT molecular complexity index is 543. The number of carboxylic acid groups (broad SMARTS) is 1. The van der Waals surface area contributed by atoms with Crippen LogP contribution >= 0.6 is 0 Å². The first-order chi connectivity index (χ1) is 10.7. The fraction of sp³-hybridized carbons (Fsp3) is 0.643. The van der Waals surface area contributed by atoms with E-state index in [1.165, 1.54) is 21.0 Å². The highest BCUT2D eigenvalue weighted by Gasteiger charge is 2.46. The number of ether oxygens (including phenoxy) is 1. The average molecular weight is 330 g/mol. The van der Waals surface area contributed by atoms with Crippen molar-refractivity contribution >= 4 is 17.5 Å². The van der Waals surface area contributed by atoms with Crippen LogP contribution in [0.5, 0.6) is 0 Å². The normalized spacial score (nSPS) is 27.7. The van der Waals surface area contributed by atoms with Gasteiger partial charge < -0.3 is 30.5 Å². The summed E-state index contributed by atoms with van der Waals surface area (Å²) in [5, 5.41) is 41.8. The van der Waals surface area contributed by atoms with E-state index in [1.807, 2.05) is 0 Å². The molecule has 0 aromatic rings. The standard InChI is InChI=1S/C14H22N2O7/c1-7(18)5-15-9-4-14(22,6-17)12(19)10(11(9)23-3)16-8(2)13(20)21/h8,12,15,17,19,22H,4-6H2,1-3H3,(H,20,21)/b16-10-/t8-,12-,14+/m0/s1. The van der Waals surface area contributed by atoms with Gasteiger partial charge in [0.1, 0.15) is 29.2 Å². The lowest BCUT2D eigenvalue weighted by atomic mass is 9.82. The monoisotopic (exact) mass is 330 g/mol. The molecule has 0 aliphatic heterocycles. The zero-order chi connectivity index (χ0) is 17.8. The number of carbonyl (C=O) groups is 2. The summed E-state index contributed by atoms with van der Waals surface area (Å²) in [6, 6.07) is -1.19. The van der Waals surface area contributed by atoms with E-state index >= 15 is 0 Å². The van der Waals surface area contributed by atoms with E-state index in [1.54, 1.807) is 0 Å². The number of carbonyl (C=O) groups excluding carboxylic acids is 1. The maximum absolute atomic E-state index is 11.1. The van der Waals surface area contributed by atoms with Crippen LogP contribution in [0.1, 0.15) is 20.3 Å². The van der Waals surface area contributed by atoms with E-state index in [9.17, 15) is 24.9 Å². The van der Waals surface area contributed by atoms with Crippen LogP contribution in [0.2, 0.25) is 0 Å². The number of hydrogen-bond donors (Lipinski definition) is 5. The molecule has 0 spiro atoms. The van der Waals surface area contributed by atoms with E-state index in [-0.39, 0.29) is 35.9 Å². The minimum atomic E-state index is -1.96. The van der Waals surface area contributed by atoms with Crippen LogP contribution in [0.4, 0.5) is 0 Å². The number of hydrogen-bond acceptors (Lipinski definition) is 8. The van der Waals surface area contributed by atoms with Crippen molar-refractivity contribution < 1.29 is 34.8 Å². The molecule has 3 atom stereocenters. The number of nitrogens with zero attached hydrogens (tertiary/aromatic N) is 1. The summed E-state index contributed by atoms with van der Waals surface area (Å²) in [7, 11) is 1.29. The Kier molecular flexibility index (Phi) is 6.25. The van der Waals surface area contributed by atoms with Crippen molar-refractivity contribution in [3.05, 3.63) is 11.5 Å². The van der Waals surface area contributed by atoms with Crippen LogP contribution in [-0.4, -0.2) is 75.9 Å². The molecular formula is C14H22N2O7. The SMILES string of the molecule is COC1=C(NCC(C)=O)C[C@@](O)(CO)[C@@H](O)/C1=N\[C@@H](C)C(=O)O. The zero-order valence-electron chi connectivity index (χ0n) is 13.2. The highest BCUT2D eigenvalue weighted by atomic mass is 16.5. The van der Waals surface area contributed by atoms with Crippen LogP contribution in [0.25, 0.3) is 0 Å². The van der Waals surface area contributed by atoms with Gasteiger partial charge in [-0.3, -0.25) is 9.79 Å². The Hall–Kier alpha value is -1.97. The van der Waals surface area contributed by atoms with Crippen LogP contribution in [0.3, 0.4) is 0 Å². The average Bonchev–Trinajstić information content (AvgIpc) is 2.49. The van der Waals surface area contributed by atoms with Crippen molar-refractivity contribution in [1.29, 1.82) is 0 Å². The van der Waals surface area contributed by atoms with Gasteiger partial charge in [-0.05, 0) is 13.8 Å². The first-order valence-electron chi connectivity index (χ1n) is 6.99. The Balaban J connectivity index is 3.37. The smallest absolute Gasteiger partial charge is 0.328 e. The molecule has 1 aliphatic rings. The summed E-state index contributed by atoms with van der Waals surface area (Å²) in [5.74, 6) is -1.36. The molecule has 0 amide bonds. The predicted octanol–water partition coefficient (Wildman–Crippen LogP) is -1.57. The fourth-order valence-electron chi connectivity index (χ4n) is 2.15. The highest BCUT2D eigenvalue weighted by Crippen LogP contribution is 2.31. The first-order valence-corrected chi connectivity index (χ1v) is 6.99. The molecule has 9 nitrogen and oxygen atoms in total. The molecule has 0 aromatic heterocycles. The van der Waals surface area contributed by atoms with Gasteiger partial charge in [0.15, 0.2) is 5.76 Å². The fourth-order valence-corrected chi connectivity index (χ4v) is 2.15. The van der Waals surface area contributed by atoms with E-state index in [4.69, 9.17) is 9.84 Å². The third-order valence-corrected chi connectivity index (χ3v) is 3.48. The van der Waals surface area contributed by atoms with E-state index < -0.39 is 30.3 Å². The van der Waals surface area contributed by atoms with Crippen LogP contribution in [0.15, 0.2) is 16.4 Å². The topological polar surface area (TPSA) is 149 Å². The molecule has 0 radical (unpaired) electrons. The molecule has 0 saturated heterocycles. The number of carboxylic acids is 1. The largest absolute Gasteiger partial charge is 0.493 e. The van der Waals surface area contributed by atoms with Crippen molar-refractivity contribution in [3.63, 3.8) is 0 Å². The van der Waals surface area contributed by atoms with Crippen molar-refractivity contribution in [1.82, 2.24) is 5.32 Å². The Morgan fingerprint density at radius 1 is 1.52 bits per heavy atom. The van der Waals surface area contributed by atoms with Crippen LogP contribution < -0.4 is 5.32 Å². The number of nitrogens with one attached hydrogen (secondary N) is 1.